The Kier molecular flexibility index (Phi) is 11.3. The molecule has 1 saturated heterocycles. The van der Waals surface area contributed by atoms with Crippen LogP contribution in [0, 0.1) is 11.8 Å². The Labute approximate surface area is 249 Å². The number of hydrogen-bond donors (Lipinski definition) is 0. The van der Waals surface area contributed by atoms with Gasteiger partial charge in [-0.15, -0.1) is 0 Å². The minimum absolute atomic E-state index is 0.0952. The first-order valence-corrected chi connectivity index (χ1v) is 15.7. The van der Waals surface area contributed by atoms with Gasteiger partial charge in [0.05, 0.1) is 18.5 Å². The third-order valence-electron chi connectivity index (χ3n) is 7.17. The first-order chi connectivity index (χ1) is 19.9. The van der Waals surface area contributed by atoms with Crippen molar-refractivity contribution in [3.05, 3.63) is 83.4 Å². The van der Waals surface area contributed by atoms with Gasteiger partial charge < -0.3 is 14.2 Å². The highest BCUT2D eigenvalue weighted by Crippen LogP contribution is 2.40. The van der Waals surface area contributed by atoms with Crippen LogP contribution in [0.5, 0.6) is 23.0 Å². The van der Waals surface area contributed by atoms with Crippen LogP contribution in [-0.4, -0.2) is 24.1 Å². The largest absolute Gasteiger partial charge is 0.493 e. The average Bonchev–Trinajstić information content (AvgIpc) is 2.96. The smallest absolute Gasteiger partial charge is 0.190 e. The van der Waals surface area contributed by atoms with E-state index in [9.17, 15) is 9.59 Å². The van der Waals surface area contributed by atoms with Crippen molar-refractivity contribution in [1.29, 1.82) is 0 Å². The summed E-state index contributed by atoms with van der Waals surface area (Å²) in [5.41, 5.74) is 3.32. The molecule has 1 fully saturated rings. The summed E-state index contributed by atoms with van der Waals surface area (Å²) in [5.74, 6) is 3.88. The molecular formula is C35H42O5S. The van der Waals surface area contributed by atoms with Crippen LogP contribution in [0.3, 0.4) is 0 Å². The summed E-state index contributed by atoms with van der Waals surface area (Å²) in [6, 6.07) is 21.9. The van der Waals surface area contributed by atoms with E-state index in [0.29, 0.717) is 32.0 Å². The molecule has 0 aromatic heterocycles. The van der Waals surface area contributed by atoms with Crippen LogP contribution in [0.2, 0.25) is 0 Å². The van der Waals surface area contributed by atoms with Crippen LogP contribution in [0.1, 0.15) is 75.3 Å². The van der Waals surface area contributed by atoms with Gasteiger partial charge in [-0.3, -0.25) is 9.59 Å². The van der Waals surface area contributed by atoms with E-state index in [1.165, 1.54) is 5.56 Å². The summed E-state index contributed by atoms with van der Waals surface area (Å²) in [7, 11) is 0. The molecule has 0 saturated carbocycles. The fraction of sp³-hybridized carbons (Fsp3) is 0.429. The Balaban J connectivity index is 1.25. The Morgan fingerprint density at radius 1 is 0.854 bits per heavy atom. The molecule has 4 rings (SSSR count). The topological polar surface area (TPSA) is 61.8 Å². The third kappa shape index (κ3) is 8.87. The van der Waals surface area contributed by atoms with Crippen molar-refractivity contribution >= 4 is 22.7 Å². The number of hydrogen-bond acceptors (Lipinski definition) is 6. The summed E-state index contributed by atoms with van der Waals surface area (Å²) < 4.78 is 18.2. The van der Waals surface area contributed by atoms with Gasteiger partial charge >= 0.3 is 0 Å². The molecule has 1 aliphatic rings. The van der Waals surface area contributed by atoms with Gasteiger partial charge in [-0.2, -0.15) is 0 Å². The molecule has 2 atom stereocenters. The van der Waals surface area contributed by atoms with Gasteiger partial charge in [0.2, 0.25) is 0 Å². The van der Waals surface area contributed by atoms with Gasteiger partial charge in [0.15, 0.2) is 10.9 Å². The molecule has 5 nitrogen and oxygen atoms in total. The lowest BCUT2D eigenvalue weighted by molar-refractivity contribution is -0.126. The van der Waals surface area contributed by atoms with Crippen LogP contribution < -0.4 is 14.2 Å². The fourth-order valence-electron chi connectivity index (χ4n) is 5.03. The molecule has 3 aromatic carbocycles. The highest BCUT2D eigenvalue weighted by molar-refractivity contribution is 8.14. The van der Waals surface area contributed by atoms with Crippen molar-refractivity contribution in [2.45, 2.75) is 71.5 Å². The summed E-state index contributed by atoms with van der Waals surface area (Å²) in [6.45, 7) is 9.63. The highest BCUT2D eigenvalue weighted by Gasteiger charge is 2.36. The first kappa shape index (κ1) is 30.7. The Morgan fingerprint density at radius 3 is 2.22 bits per heavy atom. The molecule has 2 unspecified atom stereocenters. The molecule has 0 aliphatic carbocycles. The maximum absolute atomic E-state index is 12.7. The predicted molar refractivity (Wildman–Crippen MR) is 166 cm³/mol. The summed E-state index contributed by atoms with van der Waals surface area (Å²) in [5, 5.41) is -0.314. The van der Waals surface area contributed by atoms with Gasteiger partial charge in [-0.05, 0) is 84.3 Å². The number of thioether (sulfide) groups is 1. The number of ketones is 1. The minimum atomic E-state index is -0.409. The van der Waals surface area contributed by atoms with E-state index >= 15 is 0 Å². The van der Waals surface area contributed by atoms with Crippen molar-refractivity contribution in [3.8, 4) is 23.0 Å². The van der Waals surface area contributed by atoms with E-state index < -0.39 is 5.25 Å². The first-order valence-electron chi connectivity index (χ1n) is 14.8. The zero-order valence-electron chi connectivity index (χ0n) is 24.7. The van der Waals surface area contributed by atoms with E-state index in [2.05, 4.69) is 39.0 Å². The number of ether oxygens (including phenoxy) is 3. The van der Waals surface area contributed by atoms with Gasteiger partial charge in [-0.25, -0.2) is 0 Å². The number of aryl methyl sites for hydroxylation is 1. The van der Waals surface area contributed by atoms with E-state index in [0.717, 1.165) is 71.6 Å². The highest BCUT2D eigenvalue weighted by atomic mass is 32.2. The summed E-state index contributed by atoms with van der Waals surface area (Å²) >= 11 is 1.15. The molecule has 1 heterocycles. The van der Waals surface area contributed by atoms with Crippen molar-refractivity contribution in [2.75, 3.05) is 13.2 Å². The van der Waals surface area contributed by atoms with Crippen molar-refractivity contribution in [1.82, 2.24) is 0 Å². The Hall–Kier alpha value is -3.25. The molecule has 1 aliphatic heterocycles. The van der Waals surface area contributed by atoms with Gasteiger partial charge in [0.25, 0.3) is 0 Å². The standard InChI is InChI=1S/C35H42O5S/c1-5-8-28-22-31(40-30-13-9-25(10-14-30)21-24(3)4)17-18-32(28)39-20-7-19-38-29-15-11-27(12-16-29)35-34(37)26(6-2)23-33(36)41-35/h9-18,22,24,26,35H,5-8,19-21,23H2,1-4H3. The molecule has 6 heteroatoms. The molecule has 0 amide bonds. The van der Waals surface area contributed by atoms with Crippen molar-refractivity contribution in [2.24, 2.45) is 11.8 Å². The van der Waals surface area contributed by atoms with Gasteiger partial charge in [0.1, 0.15) is 23.0 Å². The monoisotopic (exact) mass is 574 g/mol. The molecule has 0 spiro atoms. The number of rotatable bonds is 14. The maximum atomic E-state index is 12.7. The van der Waals surface area contributed by atoms with Crippen LogP contribution >= 0.6 is 11.8 Å². The number of benzene rings is 3. The predicted octanol–water partition coefficient (Wildman–Crippen LogP) is 8.78. The zero-order valence-corrected chi connectivity index (χ0v) is 25.5. The van der Waals surface area contributed by atoms with Crippen LogP contribution in [0.25, 0.3) is 0 Å². The number of carbonyl (C=O) groups excluding carboxylic acids is 2. The van der Waals surface area contributed by atoms with E-state index in [1.807, 2.05) is 55.5 Å². The molecule has 0 N–H and O–H groups in total. The molecule has 218 valence electrons. The Morgan fingerprint density at radius 2 is 1.54 bits per heavy atom. The molecule has 3 aromatic rings. The van der Waals surface area contributed by atoms with Gasteiger partial charge in [0, 0.05) is 18.8 Å². The lowest BCUT2D eigenvalue weighted by atomic mass is 9.92. The van der Waals surface area contributed by atoms with E-state index in [-0.39, 0.29) is 16.8 Å². The molecule has 0 radical (unpaired) electrons. The number of carbonyl (C=O) groups is 2. The zero-order chi connectivity index (χ0) is 29.2. The normalized spacial score (nSPS) is 17.1. The molecular weight excluding hydrogens is 532 g/mol. The molecule has 0 bridgehead atoms. The SMILES string of the molecule is CCCc1cc(Oc2ccc(CC(C)C)cc2)ccc1OCCCOc1ccc(C2SC(=O)CC(CC)C2=O)cc1. The number of Topliss-reactive ketones (excluding diaryl/α,β-unsaturated/α-hetero) is 1. The second kappa shape index (κ2) is 15.1. The van der Waals surface area contributed by atoms with Crippen LogP contribution in [-0.2, 0) is 22.4 Å². The minimum Gasteiger partial charge on any atom is -0.493 e. The van der Waals surface area contributed by atoms with E-state index in [4.69, 9.17) is 14.2 Å². The quantitative estimate of drug-likeness (QED) is 0.179. The second-order valence-corrected chi connectivity index (χ2v) is 12.2. The van der Waals surface area contributed by atoms with Crippen molar-refractivity contribution < 1.29 is 23.8 Å². The summed E-state index contributed by atoms with van der Waals surface area (Å²) in [4.78, 5) is 24.8. The molecule has 41 heavy (non-hydrogen) atoms. The lowest BCUT2D eigenvalue weighted by Gasteiger charge is -2.25. The van der Waals surface area contributed by atoms with Crippen LogP contribution in [0.15, 0.2) is 66.7 Å². The average molecular weight is 575 g/mol. The third-order valence-corrected chi connectivity index (χ3v) is 8.34. The maximum Gasteiger partial charge on any atom is 0.190 e. The summed E-state index contributed by atoms with van der Waals surface area (Å²) in [6.07, 6.45) is 4.78. The second-order valence-electron chi connectivity index (χ2n) is 11.1. The van der Waals surface area contributed by atoms with Gasteiger partial charge in [-0.1, -0.05) is 70.1 Å². The van der Waals surface area contributed by atoms with Crippen LogP contribution in [0.4, 0.5) is 0 Å². The van der Waals surface area contributed by atoms with E-state index in [1.54, 1.807) is 0 Å². The lowest BCUT2D eigenvalue weighted by Crippen LogP contribution is -2.27. The fourth-order valence-corrected chi connectivity index (χ4v) is 6.19. The van der Waals surface area contributed by atoms with Crippen molar-refractivity contribution in [3.63, 3.8) is 0 Å². The Bertz CT molecular complexity index is 1280.